The molecule has 1 aliphatic rings. The van der Waals surface area contributed by atoms with Gasteiger partial charge in [-0.25, -0.2) is 0 Å². The maximum absolute atomic E-state index is 5.46. The minimum Gasteiger partial charge on any atom is -0.377 e. The molecule has 9 heavy (non-hydrogen) atoms. The van der Waals surface area contributed by atoms with Gasteiger partial charge >= 0.3 is 0 Å². The van der Waals surface area contributed by atoms with Crippen molar-refractivity contribution in [2.24, 2.45) is 5.92 Å². The predicted molar refractivity (Wildman–Crippen MR) is 35.6 cm³/mol. The van der Waals surface area contributed by atoms with Crippen molar-refractivity contribution in [1.82, 2.24) is 0 Å². The van der Waals surface area contributed by atoms with Gasteiger partial charge in [0.15, 0.2) is 0 Å². The summed E-state index contributed by atoms with van der Waals surface area (Å²) in [6, 6.07) is 0. The van der Waals surface area contributed by atoms with E-state index in [0.717, 1.165) is 12.8 Å². The van der Waals surface area contributed by atoms with Crippen molar-refractivity contribution in [3.05, 3.63) is 6.92 Å². The molecule has 2 radical (unpaired) electrons. The molecule has 2 unspecified atom stereocenters. The lowest BCUT2D eigenvalue weighted by molar-refractivity contribution is 0.0253. The van der Waals surface area contributed by atoms with Crippen molar-refractivity contribution < 1.29 is 4.74 Å². The second-order valence-corrected chi connectivity index (χ2v) is 2.31. The van der Waals surface area contributed by atoms with E-state index in [2.05, 4.69) is 5.92 Å². The van der Waals surface area contributed by atoms with Crippen LogP contribution in [-0.4, -0.2) is 12.7 Å². The van der Waals surface area contributed by atoms with Crippen LogP contribution in [0.4, 0.5) is 0 Å². The van der Waals surface area contributed by atoms with Crippen molar-refractivity contribution in [3.63, 3.8) is 0 Å². The van der Waals surface area contributed by atoms with Gasteiger partial charge in [-0.3, -0.25) is 0 Å². The largest absolute Gasteiger partial charge is 0.377 e. The van der Waals surface area contributed by atoms with Crippen molar-refractivity contribution in [1.29, 1.82) is 0 Å². The number of hydrogen-bond donors (Lipinski definition) is 0. The second-order valence-electron chi connectivity index (χ2n) is 2.31. The molecule has 1 fully saturated rings. The Balaban J connectivity index is 2.28. The molecule has 0 aromatic heterocycles. The molecule has 48 valence electrons. The fraction of sp³-hybridized carbons (Fsp3) is 0.625. The molecule has 1 saturated heterocycles. The third kappa shape index (κ3) is 1.73. The van der Waals surface area contributed by atoms with E-state index in [9.17, 15) is 0 Å². The van der Waals surface area contributed by atoms with Gasteiger partial charge in [0.2, 0.25) is 0 Å². The van der Waals surface area contributed by atoms with Gasteiger partial charge in [-0.05, 0) is 19.8 Å². The Labute approximate surface area is 56.4 Å². The van der Waals surface area contributed by atoms with E-state index in [-0.39, 0.29) is 6.10 Å². The molecule has 0 aromatic rings. The smallest absolute Gasteiger partial charge is 0.0611 e. The highest BCUT2D eigenvalue weighted by Crippen LogP contribution is 2.16. The lowest BCUT2D eigenvalue weighted by Crippen LogP contribution is -2.22. The molecule has 1 heterocycles. The van der Waals surface area contributed by atoms with Gasteiger partial charge in [0.1, 0.15) is 0 Å². The molecule has 0 N–H and O–H groups in total. The predicted octanol–water partition coefficient (Wildman–Crippen LogP) is 1.13. The summed E-state index contributed by atoms with van der Waals surface area (Å²) in [7, 11) is 0. The Bertz CT molecular complexity index is 115. The first-order chi connectivity index (χ1) is 4.33. The Morgan fingerprint density at radius 1 is 1.44 bits per heavy atom. The molecule has 0 saturated carbocycles. The van der Waals surface area contributed by atoms with E-state index >= 15 is 0 Å². The van der Waals surface area contributed by atoms with Crippen molar-refractivity contribution in [2.45, 2.75) is 18.9 Å². The Morgan fingerprint density at radius 2 is 2.22 bits per heavy atom. The fourth-order valence-electron chi connectivity index (χ4n) is 0.903. The Hall–Kier alpha value is -0.480. The summed E-state index contributed by atoms with van der Waals surface area (Å²) in [4.78, 5) is 0. The first kappa shape index (κ1) is 6.64. The fourth-order valence-corrected chi connectivity index (χ4v) is 0.903. The molecule has 0 bridgehead atoms. The lowest BCUT2D eigenvalue weighted by Gasteiger charge is -2.22. The van der Waals surface area contributed by atoms with Crippen LogP contribution in [0.25, 0.3) is 0 Å². The first-order valence-electron chi connectivity index (χ1n) is 3.16. The van der Waals surface area contributed by atoms with Crippen molar-refractivity contribution in [3.8, 4) is 12.3 Å². The number of hydrogen-bond acceptors (Lipinski definition) is 1. The SMILES string of the molecule is [CH]C1CCC(C#C)CO1. The zero-order chi connectivity index (χ0) is 6.69. The molecule has 1 rings (SSSR count). The zero-order valence-corrected chi connectivity index (χ0v) is 5.34. The summed E-state index contributed by atoms with van der Waals surface area (Å²) in [5.41, 5.74) is 0. The molecule has 0 aromatic carbocycles. The summed E-state index contributed by atoms with van der Waals surface area (Å²) in [6.07, 6.45) is 7.01. The molecule has 1 heteroatoms. The Kier molecular flexibility index (Phi) is 2.13. The minimum absolute atomic E-state index is 0.0744. The molecule has 0 spiro atoms. The molecular weight excluding hydrogens is 112 g/mol. The Morgan fingerprint density at radius 3 is 2.67 bits per heavy atom. The molecule has 0 amide bonds. The van der Waals surface area contributed by atoms with Crippen LogP contribution in [0.5, 0.6) is 0 Å². The minimum atomic E-state index is -0.0744. The highest BCUT2D eigenvalue weighted by molar-refractivity contribution is 4.94. The van der Waals surface area contributed by atoms with Crippen molar-refractivity contribution in [2.75, 3.05) is 6.61 Å². The lowest BCUT2D eigenvalue weighted by atomic mass is 10.0. The average molecular weight is 122 g/mol. The summed E-state index contributed by atoms with van der Waals surface area (Å²) in [5, 5.41) is 0. The second kappa shape index (κ2) is 2.89. The van der Waals surface area contributed by atoms with Crippen LogP contribution < -0.4 is 0 Å². The third-order valence-electron chi connectivity index (χ3n) is 1.55. The van der Waals surface area contributed by atoms with Crippen LogP contribution in [0.3, 0.4) is 0 Å². The van der Waals surface area contributed by atoms with E-state index in [4.69, 9.17) is 18.1 Å². The van der Waals surface area contributed by atoms with Gasteiger partial charge in [0.25, 0.3) is 0 Å². The quantitative estimate of drug-likeness (QED) is 0.437. The van der Waals surface area contributed by atoms with Crippen molar-refractivity contribution >= 4 is 0 Å². The topological polar surface area (TPSA) is 9.23 Å². The van der Waals surface area contributed by atoms with Crippen LogP contribution in [0.2, 0.25) is 0 Å². The van der Waals surface area contributed by atoms with E-state index in [1.807, 2.05) is 0 Å². The maximum atomic E-state index is 5.46. The van der Waals surface area contributed by atoms with Crippen LogP contribution in [-0.2, 0) is 4.74 Å². The molecular formula is C8H10O. The monoisotopic (exact) mass is 122 g/mol. The maximum Gasteiger partial charge on any atom is 0.0611 e. The molecule has 1 aliphatic heterocycles. The van der Waals surface area contributed by atoms with Crippen LogP contribution >= 0.6 is 0 Å². The normalized spacial score (nSPS) is 35.6. The van der Waals surface area contributed by atoms with Crippen LogP contribution in [0.15, 0.2) is 0 Å². The van der Waals surface area contributed by atoms with Crippen LogP contribution in [0.1, 0.15) is 12.8 Å². The molecule has 2 atom stereocenters. The van der Waals surface area contributed by atoms with Gasteiger partial charge in [-0.1, -0.05) is 0 Å². The van der Waals surface area contributed by atoms with Gasteiger partial charge < -0.3 is 4.74 Å². The van der Waals surface area contributed by atoms with Crippen LogP contribution in [0, 0.1) is 25.2 Å². The summed E-state index contributed by atoms with van der Waals surface area (Å²) >= 11 is 0. The summed E-state index contributed by atoms with van der Waals surface area (Å²) in [6.45, 7) is 6.10. The third-order valence-corrected chi connectivity index (χ3v) is 1.55. The standard InChI is InChI=1S/C8H10O/c1-3-8-5-4-7(2)9-6-8/h1-2,7-8H,4-6H2. The van der Waals surface area contributed by atoms with E-state index in [1.165, 1.54) is 0 Å². The average Bonchev–Trinajstić information content (AvgIpc) is 1.90. The molecule has 0 aliphatic carbocycles. The number of rotatable bonds is 0. The first-order valence-corrected chi connectivity index (χ1v) is 3.16. The van der Waals surface area contributed by atoms with E-state index in [1.54, 1.807) is 0 Å². The van der Waals surface area contributed by atoms with Gasteiger partial charge in [-0.15, -0.1) is 12.3 Å². The summed E-state index contributed by atoms with van der Waals surface area (Å²) < 4.78 is 5.12. The highest BCUT2D eigenvalue weighted by Gasteiger charge is 2.15. The summed E-state index contributed by atoms with van der Waals surface area (Å²) in [5.74, 6) is 2.94. The highest BCUT2D eigenvalue weighted by atomic mass is 16.5. The zero-order valence-electron chi connectivity index (χ0n) is 5.34. The van der Waals surface area contributed by atoms with Gasteiger partial charge in [0, 0.05) is 5.92 Å². The van der Waals surface area contributed by atoms with Gasteiger partial charge in [0.05, 0.1) is 12.7 Å². The van der Waals surface area contributed by atoms with E-state index < -0.39 is 0 Å². The van der Waals surface area contributed by atoms with E-state index in [0.29, 0.717) is 12.5 Å². The number of terminal acetylenes is 1. The van der Waals surface area contributed by atoms with Gasteiger partial charge in [-0.2, -0.15) is 0 Å². The number of ether oxygens (including phenoxy) is 1. The molecule has 1 nitrogen and oxygen atoms in total.